The Labute approximate surface area is 323 Å². The molecule has 11 N–H and O–H groups in total. The number of ether oxygens (including phenoxy) is 5. The number of hydrogen-bond acceptors (Lipinski definition) is 24. The lowest BCUT2D eigenvalue weighted by molar-refractivity contribution is -0.281. The second-order valence-corrected chi connectivity index (χ2v) is 16.4. The second-order valence-electron chi connectivity index (χ2n) is 13.8. The van der Waals surface area contributed by atoms with Crippen LogP contribution in [0.4, 0.5) is 0 Å². The highest BCUT2D eigenvalue weighted by molar-refractivity contribution is 7.33. The fraction of sp³-hybridized carbons (Fsp3) is 1.00. The molecule has 4 heterocycles. The van der Waals surface area contributed by atoms with Crippen LogP contribution in [0.25, 0.3) is 0 Å². The van der Waals surface area contributed by atoms with E-state index in [2.05, 4.69) is 0 Å². The fourth-order valence-corrected chi connectivity index (χ4v) is 9.25. The van der Waals surface area contributed by atoms with E-state index in [1.807, 2.05) is 0 Å². The van der Waals surface area contributed by atoms with Crippen molar-refractivity contribution < 1.29 is 110 Å². The molecular formula is C29H53NO23P3+3. The summed E-state index contributed by atoms with van der Waals surface area (Å²) in [5.74, 6) is -3.81. The van der Waals surface area contributed by atoms with Crippen LogP contribution in [0.1, 0.15) is 27.7 Å². The maximum atomic E-state index is 13.1. The lowest BCUT2D eigenvalue weighted by Gasteiger charge is -2.40. The first kappa shape index (κ1) is 48.1. The van der Waals surface area contributed by atoms with Gasteiger partial charge in [0.05, 0.1) is 57.6 Å². The van der Waals surface area contributed by atoms with Crippen molar-refractivity contribution in [3.8, 4) is 0 Å². The molecule has 0 saturated carbocycles. The minimum atomic E-state index is -3.23. The molecule has 324 valence electrons. The van der Waals surface area contributed by atoms with Crippen LogP contribution in [0.5, 0.6) is 0 Å². The molecule has 4 aliphatic heterocycles. The first-order valence-corrected chi connectivity index (χ1v) is 21.0. The molecule has 0 aromatic heterocycles. The number of rotatable bonds is 18. The van der Waals surface area contributed by atoms with Gasteiger partial charge in [0, 0.05) is 37.4 Å². The summed E-state index contributed by atoms with van der Waals surface area (Å²) < 4.78 is 98.4. The molecule has 24 nitrogen and oxygen atoms in total. The van der Waals surface area contributed by atoms with E-state index in [4.69, 9.17) is 56.6 Å². The Morgan fingerprint density at radius 1 is 0.446 bits per heavy atom. The van der Waals surface area contributed by atoms with Crippen molar-refractivity contribution in [2.45, 2.75) is 126 Å². The molecule has 23 atom stereocenters. The molecule has 4 aliphatic rings. The fourth-order valence-electron chi connectivity index (χ4n) is 6.49. The molecule has 0 aromatic carbocycles. The van der Waals surface area contributed by atoms with Crippen molar-refractivity contribution in [1.82, 2.24) is 0 Å². The summed E-state index contributed by atoms with van der Waals surface area (Å²) in [4.78, 5) is 0. The molecule has 0 aromatic rings. The van der Waals surface area contributed by atoms with Crippen LogP contribution >= 0.6 is 24.8 Å². The van der Waals surface area contributed by atoms with Gasteiger partial charge >= 0.3 is 24.8 Å². The van der Waals surface area contributed by atoms with E-state index < -0.39 is 173 Å². The van der Waals surface area contributed by atoms with Gasteiger partial charge in [-0.05, 0) is 0 Å². The number of aliphatic hydroxyl groups is 9. The van der Waals surface area contributed by atoms with Crippen molar-refractivity contribution in [2.24, 2.45) is 29.4 Å². The molecule has 4 saturated heterocycles. The minimum Gasteiger partial charge on any atom is -0.394 e. The van der Waals surface area contributed by atoms with Crippen LogP contribution in [-0.4, -0.2) is 178 Å². The van der Waals surface area contributed by atoms with E-state index in [1.165, 1.54) is 20.8 Å². The zero-order chi connectivity index (χ0) is 41.6. The highest BCUT2D eigenvalue weighted by Crippen LogP contribution is 2.45. The smallest absolute Gasteiger partial charge is 0.394 e. The van der Waals surface area contributed by atoms with Crippen molar-refractivity contribution in [3.05, 3.63) is 0 Å². The highest BCUT2D eigenvalue weighted by atomic mass is 31.1. The van der Waals surface area contributed by atoms with E-state index in [0.717, 1.165) is 0 Å². The summed E-state index contributed by atoms with van der Waals surface area (Å²) in [7, 11) is -9.48. The maximum absolute atomic E-state index is 13.1. The van der Waals surface area contributed by atoms with Gasteiger partial charge in [-0.1, -0.05) is 41.3 Å². The van der Waals surface area contributed by atoms with Gasteiger partial charge < -0.3 is 75.4 Å². The molecule has 0 radical (unpaired) electrons. The third-order valence-corrected chi connectivity index (χ3v) is 12.5. The van der Waals surface area contributed by atoms with Gasteiger partial charge in [-0.15, -0.1) is 13.6 Å². The van der Waals surface area contributed by atoms with Crippen LogP contribution in [0.3, 0.4) is 0 Å². The van der Waals surface area contributed by atoms with Crippen LogP contribution < -0.4 is 5.73 Å². The van der Waals surface area contributed by atoms with Gasteiger partial charge in [-0.2, -0.15) is 0 Å². The molecule has 27 heteroatoms. The molecule has 56 heavy (non-hydrogen) atoms. The van der Waals surface area contributed by atoms with Crippen LogP contribution in [0.15, 0.2) is 0 Å². The third kappa shape index (κ3) is 11.2. The Hall–Kier alpha value is -0.540. The van der Waals surface area contributed by atoms with Gasteiger partial charge in [-0.25, -0.2) is 0 Å². The highest BCUT2D eigenvalue weighted by Gasteiger charge is 2.57. The summed E-state index contributed by atoms with van der Waals surface area (Å²) in [5, 5.41) is 92.3. The third-order valence-electron chi connectivity index (χ3n) is 10.1. The average Bonchev–Trinajstić information content (AvgIpc) is 3.17. The summed E-state index contributed by atoms with van der Waals surface area (Å²) in [6.07, 6.45) is -22.5. The summed E-state index contributed by atoms with van der Waals surface area (Å²) in [5.41, 5.74) is 5.39. The molecule has 0 bridgehead atoms. The molecule has 11 unspecified atom stereocenters. The summed E-state index contributed by atoms with van der Waals surface area (Å²) in [6, 6.07) is 0. The monoisotopic (exact) mass is 876 g/mol. The van der Waals surface area contributed by atoms with Gasteiger partial charge in [0.15, 0.2) is 24.6 Å². The van der Waals surface area contributed by atoms with Crippen molar-refractivity contribution in [2.75, 3.05) is 33.2 Å². The molecule has 4 rings (SSSR count). The molecule has 0 spiro atoms. The molecule has 0 aliphatic carbocycles. The Kier molecular flexibility index (Phi) is 18.8. The van der Waals surface area contributed by atoms with E-state index in [0.29, 0.717) is 0 Å². The molecule has 0 amide bonds. The largest absolute Gasteiger partial charge is 0.700 e. The van der Waals surface area contributed by atoms with Crippen molar-refractivity contribution in [3.63, 3.8) is 0 Å². The first-order chi connectivity index (χ1) is 26.5. The van der Waals surface area contributed by atoms with Crippen LogP contribution in [-0.2, 0) is 64.5 Å². The predicted octanol–water partition coefficient (Wildman–Crippen LogP) is -2.69. The Morgan fingerprint density at radius 3 is 1.05 bits per heavy atom. The quantitative estimate of drug-likeness (QED) is 0.0495. The molecular weight excluding hydrogens is 823 g/mol. The van der Waals surface area contributed by atoms with E-state index in [1.54, 1.807) is 6.92 Å². The SMILES string of the molecule is CC1[C@@H](O[P+](=O)O[C@@H]2C(CO)O[C@H](O[P+](=O)O[C@@H]3C(CO)O[C@H](O[P+](=O)O[C@@H]4C(CO)O[C@@H](OCN)C(C)[C@H]4O)C(C)[C@H]3O)C(C)[C@H]2O)OC(CO)[C@@H](O)[C@@H]1O. The summed E-state index contributed by atoms with van der Waals surface area (Å²) in [6.45, 7) is 2.52. The van der Waals surface area contributed by atoms with E-state index in [-0.39, 0.29) is 6.73 Å². The van der Waals surface area contributed by atoms with Gasteiger partial charge in [0.2, 0.25) is 18.9 Å². The average molecular weight is 877 g/mol. The summed E-state index contributed by atoms with van der Waals surface area (Å²) >= 11 is 0. The lowest BCUT2D eigenvalue weighted by atomic mass is 9.92. The second kappa shape index (κ2) is 21.8. The lowest BCUT2D eigenvalue weighted by Crippen LogP contribution is -2.57. The van der Waals surface area contributed by atoms with Crippen molar-refractivity contribution in [1.29, 1.82) is 0 Å². The van der Waals surface area contributed by atoms with Gasteiger partial charge in [0.25, 0.3) is 0 Å². The zero-order valence-electron chi connectivity index (χ0n) is 30.7. The maximum Gasteiger partial charge on any atom is 0.700 e. The predicted molar refractivity (Wildman–Crippen MR) is 181 cm³/mol. The Bertz CT molecular complexity index is 1290. The van der Waals surface area contributed by atoms with Crippen LogP contribution in [0.2, 0.25) is 0 Å². The number of hydrogen-bond donors (Lipinski definition) is 10. The van der Waals surface area contributed by atoms with Crippen LogP contribution in [0, 0.1) is 23.7 Å². The van der Waals surface area contributed by atoms with Gasteiger partial charge in [-0.3, -0.25) is 0 Å². The number of aliphatic hydroxyl groups excluding tert-OH is 9. The molecule has 4 fully saturated rings. The van der Waals surface area contributed by atoms with Crippen molar-refractivity contribution >= 4 is 24.8 Å². The van der Waals surface area contributed by atoms with Gasteiger partial charge in [0.1, 0.15) is 30.5 Å². The first-order valence-electron chi connectivity index (χ1n) is 17.7. The van der Waals surface area contributed by atoms with E-state index >= 15 is 0 Å². The Balaban J connectivity index is 1.31. The standard InChI is InChI=1S/C29H53NO23P3/c1-10-18(35)22(39)14(5-31)44-27(10)51-54(40)49-24-16(7-33)46-29(12(3)20(24)37)53-56(42)50-25-17(8-34)47-28(13(4)21(25)38)52-55(41)48-23-15(6-32)45-26(43-9-30)11(2)19(23)36/h10-29,31-39H,5-9,30H2,1-4H3/q+3/t10?,11?,12?,13?,14?,15?,16?,17?,18-,19-,20-,21-,22-,23-,24-,25-,26-,27-,28-,29-/m1/s1. The van der Waals surface area contributed by atoms with E-state index in [9.17, 15) is 59.7 Å². The minimum absolute atomic E-state index is 0.232. The zero-order valence-corrected chi connectivity index (χ0v) is 33.4. The Morgan fingerprint density at radius 2 is 0.732 bits per heavy atom. The normalized spacial score (nSPS) is 45.6. The number of nitrogens with two attached hydrogens (primary N) is 1. The topological polar surface area (TPSA) is 361 Å².